The molecule has 3 heterocycles. The Morgan fingerprint density at radius 2 is 1.48 bits per heavy atom. The monoisotopic (exact) mass is 655 g/mol. The van der Waals surface area contributed by atoms with Crippen molar-refractivity contribution in [1.29, 1.82) is 5.26 Å². The maximum atomic E-state index is 13.6. The highest BCUT2D eigenvalue weighted by Gasteiger charge is 2.71. The van der Waals surface area contributed by atoms with Crippen molar-refractivity contribution in [2.45, 2.75) is 81.8 Å². The second-order valence-electron chi connectivity index (χ2n) is 12.1. The summed E-state index contributed by atoms with van der Waals surface area (Å²) in [6, 6.07) is 4.27. The lowest BCUT2D eigenvalue weighted by Crippen LogP contribution is -2.58. The van der Waals surface area contributed by atoms with Crippen molar-refractivity contribution < 1.29 is 49.4 Å². The van der Waals surface area contributed by atoms with E-state index in [9.17, 15) is 44.7 Å². The molecular weight excluding hydrogens is 622 g/mol. The highest BCUT2D eigenvalue weighted by molar-refractivity contribution is 7.99. The molecule has 0 saturated carbocycles. The zero-order valence-electron chi connectivity index (χ0n) is 24.2. The van der Waals surface area contributed by atoms with Crippen molar-refractivity contribution in [3.8, 4) is 6.07 Å². The van der Waals surface area contributed by atoms with Crippen LogP contribution in [-0.2, 0) is 20.5 Å². The molecule has 4 rings (SSSR count). The number of imide groups is 1. The van der Waals surface area contributed by atoms with E-state index in [0.717, 1.165) is 36.6 Å². The number of nitrogens with zero attached hydrogens (tertiary/aromatic N) is 3. The summed E-state index contributed by atoms with van der Waals surface area (Å²) in [5.41, 5.74) is -4.16. The number of nitriles is 1. The van der Waals surface area contributed by atoms with E-state index in [-0.39, 0.29) is 17.9 Å². The number of carbonyl (C=O) groups excluding carboxylic acids is 2. The predicted octanol–water partition coefficient (Wildman–Crippen LogP) is 6.82. The number of amides is 2. The number of thioether (sulfide) groups is 1. The molecule has 4 atom stereocenters. The van der Waals surface area contributed by atoms with E-state index in [0.29, 0.717) is 31.5 Å². The van der Waals surface area contributed by atoms with Crippen LogP contribution in [0.5, 0.6) is 0 Å². The second-order valence-corrected chi connectivity index (χ2v) is 13.3. The molecule has 244 valence electrons. The molecule has 0 N–H and O–H groups in total. The maximum absolute atomic E-state index is 13.6. The Balaban J connectivity index is 1.27. The zero-order chi connectivity index (χ0) is 32.7. The second kappa shape index (κ2) is 12.4. The first-order valence-electron chi connectivity index (χ1n) is 14.3. The number of hydrogen-bond donors (Lipinski definition) is 0. The molecule has 15 heteroatoms. The van der Waals surface area contributed by atoms with Crippen molar-refractivity contribution in [1.82, 2.24) is 4.90 Å². The summed E-state index contributed by atoms with van der Waals surface area (Å²) in [6.07, 6.45) is -8.54. The molecule has 3 saturated heterocycles. The number of halogens is 8. The Morgan fingerprint density at radius 1 is 0.909 bits per heavy atom. The van der Waals surface area contributed by atoms with Gasteiger partial charge in [0, 0.05) is 19.5 Å². The molecule has 1 unspecified atom stereocenters. The summed E-state index contributed by atoms with van der Waals surface area (Å²) < 4.78 is 109. The third-order valence-corrected chi connectivity index (χ3v) is 9.71. The minimum absolute atomic E-state index is 0.224. The van der Waals surface area contributed by atoms with Gasteiger partial charge in [0.2, 0.25) is 11.8 Å². The van der Waals surface area contributed by atoms with Gasteiger partial charge in [0.1, 0.15) is 0 Å². The molecule has 1 aromatic rings. The van der Waals surface area contributed by atoms with E-state index < -0.39 is 70.7 Å². The fourth-order valence-corrected chi connectivity index (χ4v) is 7.67. The molecule has 3 aliphatic heterocycles. The molecule has 0 aliphatic carbocycles. The number of fused-ring (bicyclic) bond motifs is 5. The average Bonchev–Trinajstić information content (AvgIpc) is 3.28. The number of morpholine rings is 1. The number of hydrogen-bond acceptors (Lipinski definition) is 6. The van der Waals surface area contributed by atoms with Crippen LogP contribution in [0.1, 0.15) is 63.5 Å². The third kappa shape index (κ3) is 6.72. The van der Waals surface area contributed by atoms with Crippen LogP contribution in [0.3, 0.4) is 0 Å². The first kappa shape index (κ1) is 34.4. The topological polar surface area (TPSA) is 73.6 Å². The molecule has 44 heavy (non-hydrogen) atoms. The Labute approximate surface area is 254 Å². The van der Waals surface area contributed by atoms with Crippen LogP contribution in [0.2, 0.25) is 0 Å². The SMILES string of the molecule is C[C@]12CN(CCCCCCSCCCC(F)(F)C(F)(F)F)C[C@](C)(O1)C1C(=O)N(c3ccc(C#N)c(C(F)(F)F)c3)C(=O)[C@H]12. The maximum Gasteiger partial charge on any atom is 0.453 e. The average molecular weight is 656 g/mol. The zero-order valence-corrected chi connectivity index (χ0v) is 25.0. The number of rotatable bonds is 12. The Kier molecular flexibility index (Phi) is 9.70. The van der Waals surface area contributed by atoms with Crippen molar-refractivity contribution in [2.24, 2.45) is 11.8 Å². The lowest BCUT2D eigenvalue weighted by Gasteiger charge is -2.45. The highest BCUT2D eigenvalue weighted by atomic mass is 32.2. The lowest BCUT2D eigenvalue weighted by atomic mass is 9.79. The van der Waals surface area contributed by atoms with Crippen LogP contribution in [0, 0.1) is 23.2 Å². The van der Waals surface area contributed by atoms with Crippen LogP contribution in [0.25, 0.3) is 0 Å². The van der Waals surface area contributed by atoms with Gasteiger partial charge in [0.25, 0.3) is 0 Å². The number of benzene rings is 1. The fourth-order valence-electron chi connectivity index (χ4n) is 6.71. The van der Waals surface area contributed by atoms with Crippen LogP contribution < -0.4 is 4.90 Å². The molecule has 3 fully saturated rings. The lowest BCUT2D eigenvalue weighted by molar-refractivity contribution is -0.284. The van der Waals surface area contributed by atoms with Crippen molar-refractivity contribution in [3.05, 3.63) is 29.3 Å². The fraction of sp³-hybridized carbons (Fsp3) is 0.690. The largest absolute Gasteiger partial charge is 0.453 e. The predicted molar refractivity (Wildman–Crippen MR) is 146 cm³/mol. The molecule has 2 bridgehead atoms. The van der Waals surface area contributed by atoms with E-state index in [1.165, 1.54) is 23.9 Å². The molecule has 0 aromatic heterocycles. The number of anilines is 1. The number of carbonyl (C=O) groups is 2. The van der Waals surface area contributed by atoms with Gasteiger partial charge in [-0.05, 0) is 69.4 Å². The summed E-state index contributed by atoms with van der Waals surface area (Å²) in [7, 11) is 0. The van der Waals surface area contributed by atoms with Gasteiger partial charge in [0.15, 0.2) is 0 Å². The number of likely N-dealkylation sites (tertiary alicyclic amines) is 1. The highest BCUT2D eigenvalue weighted by Crippen LogP contribution is 2.55. The van der Waals surface area contributed by atoms with Gasteiger partial charge in [-0.25, -0.2) is 4.90 Å². The summed E-state index contributed by atoms with van der Waals surface area (Å²) >= 11 is 1.35. The number of ether oxygens (including phenoxy) is 1. The first-order valence-corrected chi connectivity index (χ1v) is 15.4. The van der Waals surface area contributed by atoms with E-state index in [1.807, 2.05) is 0 Å². The minimum atomic E-state index is -5.52. The summed E-state index contributed by atoms with van der Waals surface area (Å²) in [4.78, 5) is 30.1. The van der Waals surface area contributed by atoms with Crippen molar-refractivity contribution >= 4 is 29.3 Å². The molecule has 1 aromatic carbocycles. The Morgan fingerprint density at radius 3 is 2.02 bits per heavy atom. The normalized spacial score (nSPS) is 27.6. The van der Waals surface area contributed by atoms with Crippen molar-refractivity contribution in [3.63, 3.8) is 0 Å². The number of alkyl halides is 8. The minimum Gasteiger partial charge on any atom is -0.365 e. The van der Waals surface area contributed by atoms with E-state index in [4.69, 9.17) is 10.00 Å². The van der Waals surface area contributed by atoms with E-state index in [2.05, 4.69) is 4.90 Å². The summed E-state index contributed by atoms with van der Waals surface area (Å²) in [5, 5.41) is 9.09. The molecule has 0 spiro atoms. The van der Waals surface area contributed by atoms with Crippen molar-refractivity contribution in [2.75, 3.05) is 36.0 Å². The molecule has 0 radical (unpaired) electrons. The van der Waals surface area contributed by atoms with E-state index >= 15 is 0 Å². The summed E-state index contributed by atoms with van der Waals surface area (Å²) in [6.45, 7) is 4.81. The van der Waals surface area contributed by atoms with Crippen LogP contribution in [-0.4, -0.2) is 71.2 Å². The van der Waals surface area contributed by atoms with Gasteiger partial charge in [-0.1, -0.05) is 12.8 Å². The van der Waals surface area contributed by atoms with Gasteiger partial charge in [-0.3, -0.25) is 14.5 Å². The van der Waals surface area contributed by atoms with Gasteiger partial charge in [-0.15, -0.1) is 0 Å². The Hall–Kier alpha value is -2.44. The van der Waals surface area contributed by atoms with E-state index in [1.54, 1.807) is 13.8 Å². The van der Waals surface area contributed by atoms with Crippen LogP contribution >= 0.6 is 11.8 Å². The molecular formula is C29H33F8N3O3S. The first-order chi connectivity index (χ1) is 20.3. The quantitative estimate of drug-likeness (QED) is 0.140. The van der Waals surface area contributed by atoms with Gasteiger partial charge in [-0.2, -0.15) is 52.1 Å². The molecule has 6 nitrogen and oxygen atoms in total. The smallest absolute Gasteiger partial charge is 0.365 e. The number of unbranched alkanes of at least 4 members (excludes halogenated alkanes) is 3. The summed E-state index contributed by atoms with van der Waals surface area (Å²) in [5.74, 6) is -6.82. The van der Waals surface area contributed by atoms with Gasteiger partial charge < -0.3 is 4.74 Å². The van der Waals surface area contributed by atoms with Crippen LogP contribution in [0.4, 0.5) is 40.8 Å². The Bertz CT molecular complexity index is 1260. The molecule has 3 aliphatic rings. The third-order valence-electron chi connectivity index (χ3n) is 8.56. The van der Waals surface area contributed by atoms with Gasteiger partial charge >= 0.3 is 18.3 Å². The standard InChI is InChI=1S/C29H33F8N3O3S/c1-25-16-39(11-5-3-4-6-12-44-13-7-10-27(30,31)29(35,36)37)17-26(2,43-25)22-21(25)23(41)40(24(22)42)19-9-8-18(15-38)20(14-19)28(32,33)34/h8-9,14,21-22H,3-7,10-13,16-17H2,1-2H3/t21-,22?,25+,26-/m0/s1. The van der Waals surface area contributed by atoms with Gasteiger partial charge in [0.05, 0.1) is 45.9 Å². The molecule has 2 amide bonds. The van der Waals surface area contributed by atoms with Crippen LogP contribution in [0.15, 0.2) is 18.2 Å².